The van der Waals surface area contributed by atoms with Crippen LogP contribution < -0.4 is 30.5 Å². The molecule has 2 aromatic carbocycles. The SMILES string of the molecule is COc1ccc(/C=N/NC(=O)C2CC(c3ccc(OC(C)C)cc3)NN2)cc1OC. The zero-order valence-corrected chi connectivity index (χ0v) is 17.6. The molecule has 0 bridgehead atoms. The molecule has 2 atom stereocenters. The lowest BCUT2D eigenvalue weighted by atomic mass is 10.0. The van der Waals surface area contributed by atoms with Crippen molar-refractivity contribution in [2.45, 2.75) is 38.5 Å². The fourth-order valence-corrected chi connectivity index (χ4v) is 3.18. The van der Waals surface area contributed by atoms with E-state index in [0.29, 0.717) is 17.9 Å². The van der Waals surface area contributed by atoms with Gasteiger partial charge < -0.3 is 14.2 Å². The number of hydrogen-bond donors (Lipinski definition) is 3. The van der Waals surface area contributed by atoms with Gasteiger partial charge in [-0.3, -0.25) is 4.79 Å². The largest absolute Gasteiger partial charge is 0.493 e. The number of ether oxygens (including phenoxy) is 3. The third kappa shape index (κ3) is 5.49. The maximum Gasteiger partial charge on any atom is 0.258 e. The van der Waals surface area contributed by atoms with Crippen LogP contribution in [0.15, 0.2) is 47.6 Å². The molecule has 1 aliphatic heterocycles. The summed E-state index contributed by atoms with van der Waals surface area (Å²) in [6.07, 6.45) is 2.31. The summed E-state index contributed by atoms with van der Waals surface area (Å²) in [5.41, 5.74) is 10.6. The second-order valence-corrected chi connectivity index (χ2v) is 7.21. The molecule has 8 nitrogen and oxygen atoms in total. The van der Waals surface area contributed by atoms with Crippen molar-refractivity contribution in [3.8, 4) is 17.2 Å². The van der Waals surface area contributed by atoms with E-state index < -0.39 is 0 Å². The van der Waals surface area contributed by atoms with Gasteiger partial charge in [0.15, 0.2) is 11.5 Å². The van der Waals surface area contributed by atoms with Crippen LogP contribution in [0.3, 0.4) is 0 Å². The molecular formula is C22H28N4O4. The molecule has 3 rings (SSSR count). The van der Waals surface area contributed by atoms with Gasteiger partial charge in [-0.15, -0.1) is 0 Å². The van der Waals surface area contributed by atoms with E-state index in [4.69, 9.17) is 14.2 Å². The number of hydrazone groups is 1. The Kier molecular flexibility index (Phi) is 7.26. The minimum atomic E-state index is -0.385. The van der Waals surface area contributed by atoms with E-state index in [0.717, 1.165) is 16.9 Å². The highest BCUT2D eigenvalue weighted by Gasteiger charge is 2.30. The molecule has 8 heteroatoms. The molecule has 2 unspecified atom stereocenters. The fourth-order valence-electron chi connectivity index (χ4n) is 3.18. The summed E-state index contributed by atoms with van der Waals surface area (Å²) < 4.78 is 16.1. The molecule has 1 saturated heterocycles. The van der Waals surface area contributed by atoms with E-state index in [9.17, 15) is 4.79 Å². The topological polar surface area (TPSA) is 93.2 Å². The van der Waals surface area contributed by atoms with Gasteiger partial charge in [-0.05, 0) is 61.7 Å². The zero-order chi connectivity index (χ0) is 21.5. The predicted molar refractivity (Wildman–Crippen MR) is 115 cm³/mol. The Morgan fingerprint density at radius 2 is 1.83 bits per heavy atom. The molecule has 30 heavy (non-hydrogen) atoms. The molecule has 160 valence electrons. The number of carbonyl (C=O) groups excluding carboxylic acids is 1. The summed E-state index contributed by atoms with van der Waals surface area (Å²) in [5.74, 6) is 1.86. The van der Waals surface area contributed by atoms with Gasteiger partial charge in [-0.1, -0.05) is 12.1 Å². The van der Waals surface area contributed by atoms with Crippen LogP contribution in [-0.2, 0) is 4.79 Å². The molecule has 0 radical (unpaired) electrons. The van der Waals surface area contributed by atoms with Gasteiger partial charge in [-0.2, -0.15) is 5.10 Å². The molecule has 1 fully saturated rings. The fraction of sp³-hybridized carbons (Fsp3) is 0.364. The van der Waals surface area contributed by atoms with E-state index in [1.54, 1.807) is 32.6 Å². The lowest BCUT2D eigenvalue weighted by molar-refractivity contribution is -0.122. The standard InChI is InChI=1S/C22H28N4O4/c1-14(2)30-17-8-6-16(7-9-17)18-12-19(25-24-18)22(27)26-23-13-15-5-10-20(28-3)21(11-15)29-4/h5-11,13-14,18-19,24-25H,12H2,1-4H3,(H,26,27)/b23-13+. The van der Waals surface area contributed by atoms with Gasteiger partial charge in [0.2, 0.25) is 0 Å². The van der Waals surface area contributed by atoms with Gasteiger partial charge in [0.1, 0.15) is 11.8 Å². The van der Waals surface area contributed by atoms with Crippen LogP contribution in [0.5, 0.6) is 17.2 Å². The average Bonchev–Trinajstić information content (AvgIpc) is 3.24. The van der Waals surface area contributed by atoms with Crippen molar-refractivity contribution in [3.05, 3.63) is 53.6 Å². The molecule has 2 aromatic rings. The van der Waals surface area contributed by atoms with Crippen molar-refractivity contribution in [3.63, 3.8) is 0 Å². The van der Waals surface area contributed by atoms with Gasteiger partial charge in [0.25, 0.3) is 5.91 Å². The number of methoxy groups -OCH3 is 2. The van der Waals surface area contributed by atoms with Crippen LogP contribution >= 0.6 is 0 Å². The molecule has 1 heterocycles. The molecule has 0 spiro atoms. The highest BCUT2D eigenvalue weighted by molar-refractivity contribution is 5.85. The summed E-state index contributed by atoms with van der Waals surface area (Å²) in [7, 11) is 3.15. The van der Waals surface area contributed by atoms with Gasteiger partial charge in [-0.25, -0.2) is 16.3 Å². The zero-order valence-electron chi connectivity index (χ0n) is 17.6. The number of carbonyl (C=O) groups is 1. The summed E-state index contributed by atoms with van der Waals surface area (Å²) in [6, 6.07) is 12.9. The van der Waals surface area contributed by atoms with E-state index in [1.807, 2.05) is 44.2 Å². The molecule has 1 amide bonds. The Morgan fingerprint density at radius 1 is 1.10 bits per heavy atom. The van der Waals surface area contributed by atoms with Crippen molar-refractivity contribution >= 4 is 12.1 Å². The molecule has 0 aliphatic carbocycles. The number of hydrazine groups is 1. The Bertz CT molecular complexity index is 883. The van der Waals surface area contributed by atoms with E-state index in [-0.39, 0.29) is 24.1 Å². The highest BCUT2D eigenvalue weighted by atomic mass is 16.5. The molecule has 1 aliphatic rings. The maximum absolute atomic E-state index is 12.4. The summed E-state index contributed by atoms with van der Waals surface area (Å²) in [6.45, 7) is 3.99. The second kappa shape index (κ2) is 10.1. The minimum absolute atomic E-state index is 0.0312. The van der Waals surface area contributed by atoms with Crippen LogP contribution in [0.25, 0.3) is 0 Å². The van der Waals surface area contributed by atoms with Crippen molar-refractivity contribution < 1.29 is 19.0 Å². The summed E-state index contributed by atoms with van der Waals surface area (Å²) in [4.78, 5) is 12.4. The number of benzene rings is 2. The van der Waals surface area contributed by atoms with Crippen molar-refractivity contribution in [1.29, 1.82) is 0 Å². The Labute approximate surface area is 176 Å². The van der Waals surface area contributed by atoms with Gasteiger partial charge in [0, 0.05) is 6.04 Å². The number of hydrogen-bond acceptors (Lipinski definition) is 7. The molecule has 3 N–H and O–H groups in total. The third-order valence-electron chi connectivity index (χ3n) is 4.67. The first-order chi connectivity index (χ1) is 14.5. The van der Waals surface area contributed by atoms with Crippen LogP contribution in [-0.4, -0.2) is 38.5 Å². The summed E-state index contributed by atoms with van der Waals surface area (Å²) >= 11 is 0. The smallest absolute Gasteiger partial charge is 0.258 e. The summed E-state index contributed by atoms with van der Waals surface area (Å²) in [5, 5.41) is 4.05. The Hall–Kier alpha value is -3.10. The number of rotatable bonds is 8. The van der Waals surface area contributed by atoms with Crippen LogP contribution in [0.4, 0.5) is 0 Å². The van der Waals surface area contributed by atoms with Crippen LogP contribution in [0, 0.1) is 0 Å². The van der Waals surface area contributed by atoms with Crippen molar-refractivity contribution in [2.24, 2.45) is 5.10 Å². The second-order valence-electron chi connectivity index (χ2n) is 7.21. The van der Waals surface area contributed by atoms with E-state index in [2.05, 4.69) is 21.4 Å². The number of nitrogens with one attached hydrogen (secondary N) is 3. The maximum atomic E-state index is 12.4. The van der Waals surface area contributed by atoms with Crippen LogP contribution in [0.1, 0.15) is 37.4 Å². The van der Waals surface area contributed by atoms with Gasteiger partial charge in [0.05, 0.1) is 26.5 Å². The normalized spacial score (nSPS) is 18.6. The third-order valence-corrected chi connectivity index (χ3v) is 4.67. The number of nitrogens with zero attached hydrogens (tertiary/aromatic N) is 1. The first-order valence-corrected chi connectivity index (χ1v) is 9.82. The Morgan fingerprint density at radius 3 is 2.50 bits per heavy atom. The average molecular weight is 412 g/mol. The first kappa shape index (κ1) is 21.6. The first-order valence-electron chi connectivity index (χ1n) is 9.82. The minimum Gasteiger partial charge on any atom is -0.493 e. The van der Waals surface area contributed by atoms with Crippen molar-refractivity contribution in [1.82, 2.24) is 16.3 Å². The van der Waals surface area contributed by atoms with Gasteiger partial charge >= 0.3 is 0 Å². The quantitative estimate of drug-likeness (QED) is 0.456. The lowest BCUT2D eigenvalue weighted by Crippen LogP contribution is -2.41. The molecule has 0 saturated carbocycles. The lowest BCUT2D eigenvalue weighted by Gasteiger charge is -2.13. The van der Waals surface area contributed by atoms with Crippen LogP contribution in [0.2, 0.25) is 0 Å². The molecule has 0 aromatic heterocycles. The monoisotopic (exact) mass is 412 g/mol. The highest BCUT2D eigenvalue weighted by Crippen LogP contribution is 2.27. The predicted octanol–water partition coefficient (Wildman–Crippen LogP) is 2.55. The van der Waals surface area contributed by atoms with E-state index >= 15 is 0 Å². The molecular weight excluding hydrogens is 384 g/mol. The Balaban J connectivity index is 1.53. The van der Waals surface area contributed by atoms with Crippen molar-refractivity contribution in [2.75, 3.05) is 14.2 Å². The van der Waals surface area contributed by atoms with E-state index in [1.165, 1.54) is 0 Å². The number of amides is 1.